The Bertz CT molecular complexity index is 618. The molecule has 0 N–H and O–H groups in total. The van der Waals surface area contributed by atoms with E-state index in [0.29, 0.717) is 0 Å². The second-order valence-electron chi connectivity index (χ2n) is 6.72. The highest BCUT2D eigenvalue weighted by Crippen LogP contribution is 2.82. The fraction of sp³-hybridized carbons (Fsp3) is 0.786. The monoisotopic (exact) mass is 422 g/mol. The fourth-order valence-corrected chi connectivity index (χ4v) is 8.49. The van der Waals surface area contributed by atoms with Gasteiger partial charge in [0.25, 0.3) is 0 Å². The Morgan fingerprint density at radius 3 is 2.14 bits per heavy atom. The molecule has 0 saturated heterocycles. The van der Waals surface area contributed by atoms with Crippen molar-refractivity contribution in [3.8, 4) is 0 Å². The summed E-state index contributed by atoms with van der Waals surface area (Å²) in [5, 5.41) is 0.486. The Labute approximate surface area is 158 Å². The van der Waals surface area contributed by atoms with E-state index >= 15 is 0 Å². The first-order valence-electron chi connectivity index (χ1n) is 7.07. The molecule has 4 aliphatic carbocycles. The van der Waals surface area contributed by atoms with E-state index in [1.54, 1.807) is 0 Å². The summed E-state index contributed by atoms with van der Waals surface area (Å²) in [7, 11) is 0. The Balaban J connectivity index is 1.83. The molecule has 22 heavy (non-hydrogen) atoms. The maximum Gasteiger partial charge on any atom is 0.302 e. The van der Waals surface area contributed by atoms with Crippen LogP contribution < -0.4 is 0 Å². The Kier molecular flexibility index (Phi) is 3.41. The van der Waals surface area contributed by atoms with Crippen LogP contribution in [0.4, 0.5) is 0 Å². The van der Waals surface area contributed by atoms with E-state index in [1.165, 1.54) is 6.92 Å². The average molecular weight is 425 g/mol. The number of hydrogen-bond acceptors (Lipinski definition) is 2. The fourth-order valence-electron chi connectivity index (χ4n) is 5.34. The largest absolute Gasteiger partial charge is 0.462 e. The van der Waals surface area contributed by atoms with Crippen molar-refractivity contribution in [2.24, 2.45) is 23.7 Å². The second-order valence-corrected chi connectivity index (χ2v) is 10.00. The molecule has 0 aromatic heterocycles. The zero-order valence-electron chi connectivity index (χ0n) is 11.4. The van der Waals surface area contributed by atoms with Crippen molar-refractivity contribution in [1.82, 2.24) is 0 Å². The van der Waals surface area contributed by atoms with E-state index in [9.17, 15) is 4.79 Å². The summed E-state index contributed by atoms with van der Waals surface area (Å²) in [6.07, 6.45) is 1.42. The molecule has 4 rings (SSSR count). The van der Waals surface area contributed by atoms with Gasteiger partial charge in [0.05, 0.1) is 10.1 Å². The van der Waals surface area contributed by atoms with Gasteiger partial charge in [0, 0.05) is 12.8 Å². The Hall–Kier alpha value is 0.950. The number of carbonyl (C=O) groups excluding carboxylic acids is 1. The van der Waals surface area contributed by atoms with Crippen LogP contribution in [0.15, 0.2) is 10.1 Å². The second kappa shape index (κ2) is 4.56. The number of alkyl halides is 4. The number of fused-ring (bicyclic) bond motifs is 9. The third-order valence-electron chi connectivity index (χ3n) is 5.92. The molecule has 0 aliphatic heterocycles. The first kappa shape index (κ1) is 16.4. The lowest BCUT2D eigenvalue weighted by molar-refractivity contribution is -0.150. The predicted octanol–water partition coefficient (Wildman–Crippen LogP) is 5.04. The van der Waals surface area contributed by atoms with Gasteiger partial charge in [-0.3, -0.25) is 4.79 Å². The lowest BCUT2D eigenvalue weighted by atomic mass is 9.71. The van der Waals surface area contributed by atoms with Gasteiger partial charge in [-0.25, -0.2) is 0 Å². The highest BCUT2D eigenvalue weighted by Gasteiger charge is 2.86. The molecule has 0 radical (unpaired) electrons. The van der Waals surface area contributed by atoms with Crippen LogP contribution in [-0.2, 0) is 9.53 Å². The minimum absolute atomic E-state index is 0.0485. The van der Waals surface area contributed by atoms with Crippen molar-refractivity contribution in [1.29, 1.82) is 0 Å². The molecule has 7 atom stereocenters. The van der Waals surface area contributed by atoms with Gasteiger partial charge in [0.2, 0.25) is 0 Å². The maximum absolute atomic E-state index is 11.3. The number of allylic oxidation sites excluding steroid dienone is 2. The molecule has 0 aromatic rings. The molecule has 0 unspecified atom stereocenters. The molecule has 0 spiro atoms. The van der Waals surface area contributed by atoms with Crippen LogP contribution in [0.2, 0.25) is 0 Å². The van der Waals surface area contributed by atoms with Crippen molar-refractivity contribution in [2.75, 3.05) is 0 Å². The highest BCUT2D eigenvalue weighted by atomic mass is 35.5. The summed E-state index contributed by atoms with van der Waals surface area (Å²) in [6, 6.07) is 0. The van der Waals surface area contributed by atoms with Crippen LogP contribution in [0.25, 0.3) is 0 Å². The van der Waals surface area contributed by atoms with Crippen molar-refractivity contribution in [2.45, 2.75) is 40.0 Å². The molecule has 2 nitrogen and oxygen atoms in total. The summed E-state index contributed by atoms with van der Waals surface area (Å²) in [6.45, 7) is 1.40. The Morgan fingerprint density at radius 1 is 1.05 bits per heavy atom. The molecule has 122 valence electrons. The molecule has 0 aromatic carbocycles. The molecule has 3 fully saturated rings. The van der Waals surface area contributed by atoms with Crippen LogP contribution in [-0.4, -0.2) is 26.2 Å². The highest BCUT2D eigenvalue weighted by molar-refractivity contribution is 6.65. The van der Waals surface area contributed by atoms with Crippen LogP contribution in [0.1, 0.15) is 19.8 Å². The Morgan fingerprint density at radius 2 is 1.59 bits per heavy atom. The van der Waals surface area contributed by atoms with E-state index in [2.05, 4.69) is 0 Å². The first-order chi connectivity index (χ1) is 10.1. The zero-order valence-corrected chi connectivity index (χ0v) is 15.9. The lowest BCUT2D eigenvalue weighted by Gasteiger charge is -2.41. The molecular formula is C14H12Cl6O2. The van der Waals surface area contributed by atoms with Gasteiger partial charge >= 0.3 is 5.97 Å². The van der Waals surface area contributed by atoms with Crippen LogP contribution in [0.3, 0.4) is 0 Å². The maximum atomic E-state index is 11.3. The number of ether oxygens (including phenoxy) is 1. The normalized spacial score (nSPS) is 54.0. The molecular weight excluding hydrogens is 413 g/mol. The van der Waals surface area contributed by atoms with Crippen molar-refractivity contribution >= 4 is 75.6 Å². The van der Waals surface area contributed by atoms with E-state index in [4.69, 9.17) is 74.3 Å². The summed E-state index contributed by atoms with van der Waals surface area (Å²) in [4.78, 5) is 8.91. The number of esters is 1. The van der Waals surface area contributed by atoms with E-state index in [1.807, 2.05) is 0 Å². The smallest absolute Gasteiger partial charge is 0.302 e. The number of rotatable bonds is 1. The van der Waals surface area contributed by atoms with Crippen molar-refractivity contribution < 1.29 is 9.53 Å². The van der Waals surface area contributed by atoms with E-state index in [-0.39, 0.29) is 45.8 Å². The SMILES string of the molecule is CC(=O)O[C@@H]1C[C@@H]2C[C@H]1[C@H]1[C@@H]2[C@@]2(Cl)C(Cl)=C(Cl)[C@]1(Cl)C2(Cl)Cl. The predicted molar refractivity (Wildman–Crippen MR) is 89.1 cm³/mol. The van der Waals surface area contributed by atoms with E-state index in [0.717, 1.165) is 12.8 Å². The standard InChI is InChI=1S/C14H12Cl6O2/c1-4(21)22-7-3-5-2-6(7)9-8(5)12(17)10(15)11(16)13(9,18)14(12,19)20/h5-9H,2-3H2,1H3/t5-,6+,7+,8+,9-,12+,13-/m0/s1. The van der Waals surface area contributed by atoms with Gasteiger partial charge in [0.15, 0.2) is 4.33 Å². The van der Waals surface area contributed by atoms with Crippen LogP contribution in [0, 0.1) is 23.7 Å². The van der Waals surface area contributed by atoms with Gasteiger partial charge in [-0.2, -0.15) is 0 Å². The quantitative estimate of drug-likeness (QED) is 0.335. The number of carbonyl (C=O) groups is 1. The topological polar surface area (TPSA) is 26.3 Å². The van der Waals surface area contributed by atoms with Gasteiger partial charge in [-0.15, -0.1) is 23.2 Å². The van der Waals surface area contributed by atoms with Gasteiger partial charge in [-0.05, 0) is 30.6 Å². The number of hydrogen-bond donors (Lipinski definition) is 0. The number of halogens is 6. The van der Waals surface area contributed by atoms with Crippen molar-refractivity contribution in [3.63, 3.8) is 0 Å². The third-order valence-corrected chi connectivity index (χ3v) is 10.2. The zero-order chi connectivity index (χ0) is 16.2. The van der Waals surface area contributed by atoms with Crippen LogP contribution >= 0.6 is 69.6 Å². The molecule has 0 amide bonds. The summed E-state index contributed by atoms with van der Waals surface area (Å²) < 4.78 is 3.96. The van der Waals surface area contributed by atoms with Gasteiger partial charge in [0.1, 0.15) is 15.9 Å². The van der Waals surface area contributed by atoms with Gasteiger partial charge in [-0.1, -0.05) is 46.4 Å². The summed E-state index contributed by atoms with van der Waals surface area (Å²) in [5.41, 5.74) is 0. The van der Waals surface area contributed by atoms with Crippen molar-refractivity contribution in [3.05, 3.63) is 10.1 Å². The molecule has 8 heteroatoms. The third kappa shape index (κ3) is 1.48. The summed E-state index contributed by atoms with van der Waals surface area (Å²) >= 11 is 39.7. The molecule has 3 saturated carbocycles. The molecule has 4 bridgehead atoms. The van der Waals surface area contributed by atoms with E-state index < -0.39 is 14.1 Å². The van der Waals surface area contributed by atoms with Gasteiger partial charge < -0.3 is 4.74 Å². The minimum atomic E-state index is -1.49. The van der Waals surface area contributed by atoms with Crippen LogP contribution in [0.5, 0.6) is 0 Å². The summed E-state index contributed by atoms with van der Waals surface area (Å²) in [5.74, 6) is -0.252. The molecule has 4 aliphatic rings. The first-order valence-corrected chi connectivity index (χ1v) is 9.34. The average Bonchev–Trinajstić information content (AvgIpc) is 3.04. The minimum Gasteiger partial charge on any atom is -0.462 e. The molecule has 0 heterocycles. The lowest BCUT2D eigenvalue weighted by Crippen LogP contribution is -2.46.